The van der Waals surface area contributed by atoms with Crippen molar-refractivity contribution in [2.45, 2.75) is 13.0 Å². The van der Waals surface area contributed by atoms with Crippen LogP contribution in [0.2, 0.25) is 0 Å². The third-order valence-electron chi connectivity index (χ3n) is 2.16. The molecule has 0 spiro atoms. The molecule has 4 N–H and O–H groups in total. The number of hydrogen-bond donors (Lipinski definition) is 3. The average Bonchev–Trinajstić information content (AvgIpc) is 2.17. The molecule has 2 heterocycles. The SMILES string of the molecule is NNc1nccc2c1CNCC2. The molecule has 0 amide bonds. The van der Waals surface area contributed by atoms with E-state index in [1.807, 2.05) is 0 Å². The molecule has 0 bridgehead atoms. The van der Waals surface area contributed by atoms with Crippen LogP contribution in [0.15, 0.2) is 12.3 Å². The van der Waals surface area contributed by atoms with Crippen molar-refractivity contribution in [3.63, 3.8) is 0 Å². The van der Waals surface area contributed by atoms with Crippen molar-refractivity contribution in [3.8, 4) is 0 Å². The van der Waals surface area contributed by atoms with Crippen molar-refractivity contribution in [1.29, 1.82) is 0 Å². The number of fused-ring (bicyclic) bond motifs is 1. The molecule has 0 aromatic carbocycles. The minimum atomic E-state index is 0.791. The highest BCUT2D eigenvalue weighted by Gasteiger charge is 2.11. The predicted octanol–water partition coefficient (Wildman–Crippen LogP) is 0.0129. The number of nitrogen functional groups attached to an aromatic ring is 1. The fraction of sp³-hybridized carbons (Fsp3) is 0.375. The zero-order valence-corrected chi connectivity index (χ0v) is 6.80. The van der Waals surface area contributed by atoms with Crippen LogP contribution in [0.4, 0.5) is 5.82 Å². The number of nitrogens with one attached hydrogen (secondary N) is 2. The number of aromatic nitrogens is 1. The van der Waals surface area contributed by atoms with Gasteiger partial charge in [-0.25, -0.2) is 10.8 Å². The first-order valence-corrected chi connectivity index (χ1v) is 4.06. The molecule has 2 rings (SSSR count). The predicted molar refractivity (Wildman–Crippen MR) is 47.5 cm³/mol. The van der Waals surface area contributed by atoms with Gasteiger partial charge in [-0.05, 0) is 24.6 Å². The lowest BCUT2D eigenvalue weighted by molar-refractivity contribution is 0.642. The van der Waals surface area contributed by atoms with E-state index in [1.54, 1.807) is 6.20 Å². The van der Waals surface area contributed by atoms with Gasteiger partial charge in [0.05, 0.1) is 0 Å². The van der Waals surface area contributed by atoms with Crippen LogP contribution in [0.3, 0.4) is 0 Å². The first kappa shape index (κ1) is 7.52. The van der Waals surface area contributed by atoms with Crippen LogP contribution in [-0.4, -0.2) is 11.5 Å². The Balaban J connectivity index is 2.44. The maximum absolute atomic E-state index is 5.33. The highest BCUT2D eigenvalue weighted by Crippen LogP contribution is 2.18. The van der Waals surface area contributed by atoms with Gasteiger partial charge in [0, 0.05) is 18.3 Å². The summed E-state index contributed by atoms with van der Waals surface area (Å²) >= 11 is 0. The van der Waals surface area contributed by atoms with E-state index in [0.717, 1.165) is 25.3 Å². The smallest absolute Gasteiger partial charge is 0.144 e. The number of hydrazine groups is 1. The van der Waals surface area contributed by atoms with Crippen LogP contribution in [0.25, 0.3) is 0 Å². The first-order chi connectivity index (χ1) is 5.92. The zero-order chi connectivity index (χ0) is 8.39. The van der Waals surface area contributed by atoms with Crippen molar-refractivity contribution in [2.75, 3.05) is 12.0 Å². The van der Waals surface area contributed by atoms with Gasteiger partial charge in [-0.1, -0.05) is 0 Å². The first-order valence-electron chi connectivity index (χ1n) is 4.06. The van der Waals surface area contributed by atoms with Gasteiger partial charge in [0.2, 0.25) is 0 Å². The third-order valence-corrected chi connectivity index (χ3v) is 2.16. The Morgan fingerprint density at radius 3 is 3.33 bits per heavy atom. The van der Waals surface area contributed by atoms with Gasteiger partial charge in [-0.2, -0.15) is 0 Å². The monoisotopic (exact) mass is 164 g/mol. The zero-order valence-electron chi connectivity index (χ0n) is 6.80. The Morgan fingerprint density at radius 2 is 2.50 bits per heavy atom. The van der Waals surface area contributed by atoms with E-state index in [4.69, 9.17) is 5.84 Å². The lowest BCUT2D eigenvalue weighted by atomic mass is 10.0. The fourth-order valence-electron chi connectivity index (χ4n) is 1.52. The summed E-state index contributed by atoms with van der Waals surface area (Å²) in [7, 11) is 0. The van der Waals surface area contributed by atoms with Crippen LogP contribution in [0.1, 0.15) is 11.1 Å². The summed E-state index contributed by atoms with van der Waals surface area (Å²) in [6.07, 6.45) is 2.85. The molecule has 4 nitrogen and oxygen atoms in total. The van der Waals surface area contributed by atoms with Gasteiger partial charge in [0.25, 0.3) is 0 Å². The van der Waals surface area contributed by atoms with E-state index in [0.29, 0.717) is 0 Å². The molecule has 12 heavy (non-hydrogen) atoms. The molecule has 64 valence electrons. The molecular formula is C8H12N4. The third kappa shape index (κ3) is 1.15. The number of anilines is 1. The van der Waals surface area contributed by atoms with Gasteiger partial charge in [0.15, 0.2) is 0 Å². The van der Waals surface area contributed by atoms with E-state index < -0.39 is 0 Å². The molecule has 4 heteroatoms. The Hall–Kier alpha value is -1.13. The van der Waals surface area contributed by atoms with E-state index in [1.165, 1.54) is 11.1 Å². The van der Waals surface area contributed by atoms with Crippen LogP contribution in [0, 0.1) is 0 Å². The standard InChI is InChI=1S/C8H12N4/c9-12-8-7-5-10-3-1-6(7)2-4-11-8/h2,4,10H,1,3,5,9H2,(H,11,12). The van der Waals surface area contributed by atoms with E-state index >= 15 is 0 Å². The second-order valence-electron chi connectivity index (χ2n) is 2.87. The number of rotatable bonds is 1. The molecule has 0 fully saturated rings. The van der Waals surface area contributed by atoms with Crippen molar-refractivity contribution in [1.82, 2.24) is 10.3 Å². The minimum Gasteiger partial charge on any atom is -0.312 e. The lowest BCUT2D eigenvalue weighted by Gasteiger charge is -2.18. The second-order valence-corrected chi connectivity index (χ2v) is 2.87. The normalized spacial score (nSPS) is 15.4. The van der Waals surface area contributed by atoms with Gasteiger partial charge in [-0.15, -0.1) is 0 Å². The molecule has 0 saturated heterocycles. The summed E-state index contributed by atoms with van der Waals surface area (Å²) in [6, 6.07) is 2.05. The van der Waals surface area contributed by atoms with Crippen molar-refractivity contribution in [2.24, 2.45) is 5.84 Å². The molecule has 0 atom stereocenters. The molecule has 0 radical (unpaired) electrons. The maximum Gasteiger partial charge on any atom is 0.144 e. The topological polar surface area (TPSA) is 63.0 Å². The molecule has 0 saturated carbocycles. The summed E-state index contributed by atoms with van der Waals surface area (Å²) in [5.74, 6) is 6.13. The van der Waals surface area contributed by atoms with Crippen LogP contribution in [0.5, 0.6) is 0 Å². The van der Waals surface area contributed by atoms with E-state index in [-0.39, 0.29) is 0 Å². The Labute approximate surface area is 71.1 Å². The Morgan fingerprint density at radius 1 is 1.58 bits per heavy atom. The summed E-state index contributed by atoms with van der Waals surface area (Å²) in [5.41, 5.74) is 5.15. The quantitative estimate of drug-likeness (QED) is 0.404. The fourth-order valence-corrected chi connectivity index (χ4v) is 1.52. The molecule has 1 aromatic heterocycles. The lowest BCUT2D eigenvalue weighted by Crippen LogP contribution is -2.26. The molecule has 1 aliphatic rings. The van der Waals surface area contributed by atoms with Crippen molar-refractivity contribution in [3.05, 3.63) is 23.4 Å². The molecular weight excluding hydrogens is 152 g/mol. The average molecular weight is 164 g/mol. The van der Waals surface area contributed by atoms with Crippen LogP contribution < -0.4 is 16.6 Å². The highest BCUT2D eigenvalue weighted by molar-refractivity contribution is 5.48. The van der Waals surface area contributed by atoms with E-state index in [2.05, 4.69) is 21.8 Å². The summed E-state index contributed by atoms with van der Waals surface area (Å²) in [4.78, 5) is 4.13. The van der Waals surface area contributed by atoms with Gasteiger partial charge >= 0.3 is 0 Å². The van der Waals surface area contributed by atoms with Crippen molar-refractivity contribution < 1.29 is 0 Å². The van der Waals surface area contributed by atoms with Gasteiger partial charge in [0.1, 0.15) is 5.82 Å². The van der Waals surface area contributed by atoms with Gasteiger partial charge in [-0.3, -0.25) is 0 Å². The highest BCUT2D eigenvalue weighted by atomic mass is 15.2. The number of pyridine rings is 1. The number of nitrogens with two attached hydrogens (primary N) is 1. The van der Waals surface area contributed by atoms with Crippen LogP contribution >= 0.6 is 0 Å². The summed E-state index contributed by atoms with van der Waals surface area (Å²) in [6.45, 7) is 1.91. The van der Waals surface area contributed by atoms with Crippen LogP contribution in [-0.2, 0) is 13.0 Å². The minimum absolute atomic E-state index is 0.791. The molecule has 1 aliphatic heterocycles. The van der Waals surface area contributed by atoms with Crippen molar-refractivity contribution >= 4 is 5.82 Å². The molecule has 0 aliphatic carbocycles. The second kappa shape index (κ2) is 3.08. The Bertz CT molecular complexity index is 270. The summed E-state index contributed by atoms with van der Waals surface area (Å²) in [5, 5.41) is 3.28. The number of hydrogen-bond acceptors (Lipinski definition) is 4. The maximum atomic E-state index is 5.33. The van der Waals surface area contributed by atoms with Gasteiger partial charge < -0.3 is 10.7 Å². The van der Waals surface area contributed by atoms with E-state index in [9.17, 15) is 0 Å². The largest absolute Gasteiger partial charge is 0.312 e. The molecule has 0 unspecified atom stereocenters. The molecule has 1 aromatic rings. The summed E-state index contributed by atoms with van der Waals surface area (Å²) < 4.78 is 0. The Kier molecular flexibility index (Phi) is 1.93. The number of nitrogens with zero attached hydrogens (tertiary/aromatic N) is 1.